The molecule has 0 bridgehead atoms. The van der Waals surface area contributed by atoms with Gasteiger partial charge < -0.3 is 10.6 Å². The topological polar surface area (TPSA) is 41.1 Å². The fraction of sp³-hybridized carbons (Fsp3) is 0.462. The van der Waals surface area contributed by atoms with Crippen molar-refractivity contribution in [3.63, 3.8) is 0 Å². The van der Waals surface area contributed by atoms with Gasteiger partial charge in [-0.2, -0.15) is 0 Å². The molecule has 4 heteroatoms. The largest absolute Gasteiger partial charge is 0.355 e. The monoisotopic (exact) mass is 250 g/mol. The Morgan fingerprint density at radius 3 is 2.88 bits per heavy atom. The average Bonchev–Trinajstić information content (AvgIpc) is 2.38. The molecule has 0 saturated carbocycles. The van der Waals surface area contributed by atoms with Crippen LogP contribution >= 0.6 is 11.8 Å². The van der Waals surface area contributed by atoms with Gasteiger partial charge in [0.25, 0.3) is 0 Å². The molecule has 1 atom stereocenters. The smallest absolute Gasteiger partial charge is 0.220 e. The van der Waals surface area contributed by atoms with Gasteiger partial charge in [0, 0.05) is 36.2 Å². The molecule has 3 nitrogen and oxygen atoms in total. The van der Waals surface area contributed by atoms with E-state index in [9.17, 15) is 4.79 Å². The van der Waals surface area contributed by atoms with E-state index in [0.29, 0.717) is 12.5 Å². The Balaban J connectivity index is 1.59. The van der Waals surface area contributed by atoms with E-state index in [-0.39, 0.29) is 5.91 Å². The molecule has 2 rings (SSSR count). The van der Waals surface area contributed by atoms with Crippen molar-refractivity contribution in [3.05, 3.63) is 30.3 Å². The highest BCUT2D eigenvalue weighted by molar-refractivity contribution is 7.99. The molecule has 0 aromatic heterocycles. The first-order valence-corrected chi connectivity index (χ1v) is 7.01. The number of piperidine rings is 1. The molecule has 0 aliphatic carbocycles. The highest BCUT2D eigenvalue weighted by atomic mass is 32.2. The summed E-state index contributed by atoms with van der Waals surface area (Å²) in [6.45, 7) is 1.76. The molecule has 92 valence electrons. The molecule has 17 heavy (non-hydrogen) atoms. The summed E-state index contributed by atoms with van der Waals surface area (Å²) in [5, 5.41) is 6.36. The van der Waals surface area contributed by atoms with Crippen molar-refractivity contribution in [2.24, 2.45) is 0 Å². The molecule has 1 aliphatic heterocycles. The minimum atomic E-state index is 0.182. The van der Waals surface area contributed by atoms with Crippen molar-refractivity contribution in [3.8, 4) is 0 Å². The zero-order valence-corrected chi connectivity index (χ0v) is 10.6. The van der Waals surface area contributed by atoms with Crippen LogP contribution in [-0.4, -0.2) is 30.8 Å². The Bertz CT molecular complexity index is 346. The maximum atomic E-state index is 11.0. The number of carbonyl (C=O) groups excluding carboxylic acids is 1. The van der Waals surface area contributed by atoms with Crippen LogP contribution in [0.1, 0.15) is 12.8 Å². The summed E-state index contributed by atoms with van der Waals surface area (Å²) in [6, 6.07) is 10.9. The first-order valence-electron chi connectivity index (χ1n) is 6.02. The maximum Gasteiger partial charge on any atom is 0.220 e. The third kappa shape index (κ3) is 4.40. The third-order valence-corrected chi connectivity index (χ3v) is 3.83. The van der Waals surface area contributed by atoms with Crippen LogP contribution < -0.4 is 10.6 Å². The molecule has 1 unspecified atom stereocenters. The van der Waals surface area contributed by atoms with Crippen LogP contribution in [0.3, 0.4) is 0 Å². The number of amides is 1. The minimum Gasteiger partial charge on any atom is -0.355 e. The van der Waals surface area contributed by atoms with Gasteiger partial charge in [0.15, 0.2) is 0 Å². The van der Waals surface area contributed by atoms with E-state index in [0.717, 1.165) is 25.3 Å². The lowest BCUT2D eigenvalue weighted by Gasteiger charge is -2.23. The second-order valence-corrected chi connectivity index (χ2v) is 5.32. The van der Waals surface area contributed by atoms with Gasteiger partial charge in [0.1, 0.15) is 0 Å². The first-order chi connectivity index (χ1) is 8.34. The molecule has 1 heterocycles. The molecule has 2 N–H and O–H groups in total. The lowest BCUT2D eigenvalue weighted by Crippen LogP contribution is -2.46. The Morgan fingerprint density at radius 1 is 1.35 bits per heavy atom. The van der Waals surface area contributed by atoms with Gasteiger partial charge in [0.2, 0.25) is 5.91 Å². The van der Waals surface area contributed by atoms with Gasteiger partial charge in [-0.3, -0.25) is 4.79 Å². The van der Waals surface area contributed by atoms with Crippen LogP contribution in [0.5, 0.6) is 0 Å². The summed E-state index contributed by atoms with van der Waals surface area (Å²) >= 11 is 1.86. The normalized spacial score (nSPS) is 20.0. The second-order valence-electron chi connectivity index (χ2n) is 4.16. The molecule has 0 radical (unpaired) electrons. The maximum absolute atomic E-state index is 11.0. The first kappa shape index (κ1) is 12.5. The fourth-order valence-electron chi connectivity index (χ4n) is 1.86. The van der Waals surface area contributed by atoms with Crippen LogP contribution in [0.4, 0.5) is 0 Å². The van der Waals surface area contributed by atoms with E-state index in [1.165, 1.54) is 4.90 Å². The van der Waals surface area contributed by atoms with Gasteiger partial charge in [-0.1, -0.05) is 18.2 Å². The number of carbonyl (C=O) groups is 1. The van der Waals surface area contributed by atoms with E-state index in [4.69, 9.17) is 0 Å². The number of benzene rings is 1. The van der Waals surface area contributed by atoms with E-state index in [1.54, 1.807) is 0 Å². The second kappa shape index (κ2) is 6.67. The van der Waals surface area contributed by atoms with E-state index < -0.39 is 0 Å². The quantitative estimate of drug-likeness (QED) is 0.617. The van der Waals surface area contributed by atoms with Gasteiger partial charge >= 0.3 is 0 Å². The Hall–Kier alpha value is -1.00. The number of thioether (sulfide) groups is 1. The molecular formula is C13H18N2OS. The van der Waals surface area contributed by atoms with Crippen molar-refractivity contribution in [2.75, 3.05) is 18.8 Å². The molecule has 1 amide bonds. The van der Waals surface area contributed by atoms with E-state index in [1.807, 2.05) is 17.8 Å². The zero-order chi connectivity index (χ0) is 11.9. The summed E-state index contributed by atoms with van der Waals surface area (Å²) in [5.41, 5.74) is 0. The summed E-state index contributed by atoms with van der Waals surface area (Å²) in [7, 11) is 0. The molecular weight excluding hydrogens is 232 g/mol. The van der Waals surface area contributed by atoms with Crippen LogP contribution in [-0.2, 0) is 4.79 Å². The van der Waals surface area contributed by atoms with Crippen LogP contribution in [0.25, 0.3) is 0 Å². The van der Waals surface area contributed by atoms with Gasteiger partial charge in [-0.15, -0.1) is 11.8 Å². The number of rotatable bonds is 5. The van der Waals surface area contributed by atoms with E-state index >= 15 is 0 Å². The molecule has 0 spiro atoms. The minimum absolute atomic E-state index is 0.182. The van der Waals surface area contributed by atoms with Gasteiger partial charge in [0.05, 0.1) is 0 Å². The number of hydrogen-bond donors (Lipinski definition) is 2. The molecule has 1 aromatic carbocycles. The third-order valence-electron chi connectivity index (χ3n) is 2.81. The number of nitrogens with one attached hydrogen (secondary N) is 2. The SMILES string of the molecule is O=C1CCC(NCCSc2ccccc2)CN1. The summed E-state index contributed by atoms with van der Waals surface area (Å²) in [6.07, 6.45) is 1.62. The Morgan fingerprint density at radius 2 is 2.18 bits per heavy atom. The Labute approximate surface area is 106 Å². The zero-order valence-electron chi connectivity index (χ0n) is 9.82. The van der Waals surface area contributed by atoms with Crippen molar-refractivity contribution in [1.29, 1.82) is 0 Å². The van der Waals surface area contributed by atoms with Crippen molar-refractivity contribution >= 4 is 17.7 Å². The van der Waals surface area contributed by atoms with Crippen LogP contribution in [0.2, 0.25) is 0 Å². The van der Waals surface area contributed by atoms with Crippen LogP contribution in [0, 0.1) is 0 Å². The predicted molar refractivity (Wildman–Crippen MR) is 71.2 cm³/mol. The summed E-state index contributed by atoms with van der Waals surface area (Å²) < 4.78 is 0. The lowest BCUT2D eigenvalue weighted by atomic mass is 10.1. The predicted octanol–water partition coefficient (Wildman–Crippen LogP) is 1.65. The van der Waals surface area contributed by atoms with E-state index in [2.05, 4.69) is 34.9 Å². The summed E-state index contributed by atoms with van der Waals surface area (Å²) in [4.78, 5) is 12.3. The fourth-order valence-corrected chi connectivity index (χ4v) is 2.66. The number of hydrogen-bond acceptors (Lipinski definition) is 3. The highest BCUT2D eigenvalue weighted by Gasteiger charge is 2.16. The van der Waals surface area contributed by atoms with Crippen LogP contribution in [0.15, 0.2) is 35.2 Å². The molecule has 1 fully saturated rings. The molecule has 1 aromatic rings. The molecule has 1 saturated heterocycles. The standard InChI is InChI=1S/C13H18N2OS/c16-13-7-6-11(10-15-13)14-8-9-17-12-4-2-1-3-5-12/h1-5,11,14H,6-10H2,(H,15,16). The van der Waals surface area contributed by atoms with Crippen molar-refractivity contribution in [1.82, 2.24) is 10.6 Å². The van der Waals surface area contributed by atoms with Crippen molar-refractivity contribution in [2.45, 2.75) is 23.8 Å². The van der Waals surface area contributed by atoms with Gasteiger partial charge in [-0.05, 0) is 18.6 Å². The lowest BCUT2D eigenvalue weighted by molar-refractivity contribution is -0.122. The van der Waals surface area contributed by atoms with Gasteiger partial charge in [-0.25, -0.2) is 0 Å². The van der Waals surface area contributed by atoms with Crippen molar-refractivity contribution < 1.29 is 4.79 Å². The molecule has 1 aliphatic rings. The Kier molecular flexibility index (Phi) is 4.88. The summed E-state index contributed by atoms with van der Waals surface area (Å²) in [5.74, 6) is 1.25. The average molecular weight is 250 g/mol. The highest BCUT2D eigenvalue weighted by Crippen LogP contribution is 2.15.